The number of aliphatic hydroxyl groups is 3. The van der Waals surface area contributed by atoms with Crippen molar-refractivity contribution >= 4 is 11.9 Å². The predicted molar refractivity (Wildman–Crippen MR) is 95.3 cm³/mol. The first kappa shape index (κ1) is 20.0. The predicted octanol–water partition coefficient (Wildman–Crippen LogP) is 0.865. The number of fused-ring (bicyclic) bond motifs is 3. The van der Waals surface area contributed by atoms with Crippen LogP contribution in [0.3, 0.4) is 0 Å². The van der Waals surface area contributed by atoms with E-state index in [0.29, 0.717) is 12.0 Å². The van der Waals surface area contributed by atoms with E-state index in [4.69, 9.17) is 9.47 Å². The van der Waals surface area contributed by atoms with Crippen molar-refractivity contribution in [3.8, 4) is 0 Å². The number of hydrogen-bond donors (Lipinski definition) is 3. The van der Waals surface area contributed by atoms with E-state index < -0.39 is 59.2 Å². The summed E-state index contributed by atoms with van der Waals surface area (Å²) < 4.78 is 11.1. The summed E-state index contributed by atoms with van der Waals surface area (Å²) in [5.41, 5.74) is -2.02. The molecule has 2 saturated carbocycles. The number of carbonyl (C=O) groups excluding carboxylic acids is 2. The topological polar surface area (TPSA) is 113 Å². The summed E-state index contributed by atoms with van der Waals surface area (Å²) in [6.07, 6.45) is -2.03. The fraction of sp³-hybridized carbons (Fsp3) is 0.700. The number of rotatable bonds is 2. The van der Waals surface area contributed by atoms with Crippen LogP contribution in [-0.2, 0) is 19.1 Å². The summed E-state index contributed by atoms with van der Waals surface area (Å²) in [6, 6.07) is 0. The first-order chi connectivity index (χ1) is 12.5. The van der Waals surface area contributed by atoms with Crippen LogP contribution in [-0.4, -0.2) is 57.3 Å². The molecule has 7 heteroatoms. The third-order valence-corrected chi connectivity index (χ3v) is 6.87. The van der Waals surface area contributed by atoms with Gasteiger partial charge in [-0.05, 0) is 33.6 Å². The molecule has 27 heavy (non-hydrogen) atoms. The second kappa shape index (κ2) is 6.43. The number of carbonyl (C=O) groups is 2. The highest BCUT2D eigenvalue weighted by Gasteiger charge is 2.70. The molecular weight excluding hydrogens is 352 g/mol. The Morgan fingerprint density at radius 1 is 1.37 bits per heavy atom. The monoisotopic (exact) mass is 380 g/mol. The lowest BCUT2D eigenvalue weighted by molar-refractivity contribution is -0.271. The lowest BCUT2D eigenvalue weighted by Crippen LogP contribution is -2.71. The second-order valence-corrected chi connectivity index (χ2v) is 8.46. The molecule has 0 bridgehead atoms. The molecule has 8 atom stereocenters. The van der Waals surface area contributed by atoms with Crippen LogP contribution in [0.5, 0.6) is 0 Å². The quantitative estimate of drug-likeness (QED) is 0.481. The van der Waals surface area contributed by atoms with Crippen molar-refractivity contribution in [2.24, 2.45) is 17.3 Å². The molecule has 7 nitrogen and oxygen atoms in total. The van der Waals surface area contributed by atoms with Crippen LogP contribution in [0.4, 0.5) is 0 Å². The Kier molecular flexibility index (Phi) is 4.77. The summed E-state index contributed by atoms with van der Waals surface area (Å²) in [6.45, 7) is 10.3. The van der Waals surface area contributed by atoms with Gasteiger partial charge in [0.2, 0.25) is 0 Å². The molecule has 0 spiro atoms. The Labute approximate surface area is 158 Å². The molecule has 0 aromatic carbocycles. The molecule has 8 unspecified atom stereocenters. The Hall–Kier alpha value is -1.70. The summed E-state index contributed by atoms with van der Waals surface area (Å²) >= 11 is 0. The van der Waals surface area contributed by atoms with Crippen LogP contribution in [0.1, 0.15) is 40.5 Å². The van der Waals surface area contributed by atoms with Crippen molar-refractivity contribution in [2.45, 2.75) is 70.6 Å². The van der Waals surface area contributed by atoms with Crippen molar-refractivity contribution in [1.82, 2.24) is 0 Å². The molecule has 1 aliphatic heterocycles. The first-order valence-electron chi connectivity index (χ1n) is 9.29. The molecule has 3 rings (SSSR count). The molecule has 0 radical (unpaired) electrons. The summed E-state index contributed by atoms with van der Waals surface area (Å²) in [5, 5.41) is 33.0. The van der Waals surface area contributed by atoms with Crippen molar-refractivity contribution in [3.05, 3.63) is 23.8 Å². The zero-order valence-electron chi connectivity index (χ0n) is 16.1. The van der Waals surface area contributed by atoms with E-state index in [1.165, 1.54) is 0 Å². The summed E-state index contributed by atoms with van der Waals surface area (Å²) in [5.74, 6) is -2.77. The highest BCUT2D eigenvalue weighted by Crippen LogP contribution is 2.59. The Balaban J connectivity index is 2.10. The van der Waals surface area contributed by atoms with E-state index in [0.717, 1.165) is 0 Å². The lowest BCUT2D eigenvalue weighted by Gasteiger charge is -2.60. The maximum absolute atomic E-state index is 12.4. The number of esters is 2. The zero-order chi connectivity index (χ0) is 20.3. The molecule has 1 saturated heterocycles. The number of aliphatic hydroxyl groups excluding tert-OH is 2. The van der Waals surface area contributed by atoms with Gasteiger partial charge in [-0.3, -0.25) is 0 Å². The van der Waals surface area contributed by atoms with Crippen molar-refractivity contribution in [1.29, 1.82) is 0 Å². The van der Waals surface area contributed by atoms with Gasteiger partial charge in [-0.15, -0.1) is 0 Å². The van der Waals surface area contributed by atoms with Crippen LogP contribution in [0.25, 0.3) is 0 Å². The fourth-order valence-corrected chi connectivity index (χ4v) is 5.15. The minimum atomic E-state index is -1.30. The van der Waals surface area contributed by atoms with E-state index in [9.17, 15) is 24.9 Å². The lowest BCUT2D eigenvalue weighted by atomic mass is 9.49. The van der Waals surface area contributed by atoms with Crippen LogP contribution in [0, 0.1) is 17.3 Å². The van der Waals surface area contributed by atoms with E-state index in [1.807, 2.05) is 0 Å². The zero-order valence-corrected chi connectivity index (χ0v) is 16.1. The molecule has 2 aliphatic carbocycles. The van der Waals surface area contributed by atoms with Gasteiger partial charge in [-0.1, -0.05) is 19.6 Å². The summed E-state index contributed by atoms with van der Waals surface area (Å²) in [4.78, 5) is 24.6. The average Bonchev–Trinajstić information content (AvgIpc) is 2.89. The molecule has 0 aromatic rings. The smallest absolute Gasteiger partial charge is 0.334 e. The van der Waals surface area contributed by atoms with Crippen LogP contribution in [0.15, 0.2) is 23.8 Å². The number of allylic oxidation sites excluding steroid dienone is 1. The van der Waals surface area contributed by atoms with Crippen molar-refractivity contribution in [2.75, 3.05) is 0 Å². The van der Waals surface area contributed by atoms with E-state index >= 15 is 0 Å². The van der Waals surface area contributed by atoms with Crippen molar-refractivity contribution in [3.63, 3.8) is 0 Å². The highest BCUT2D eigenvalue weighted by molar-refractivity contribution is 5.92. The highest BCUT2D eigenvalue weighted by atomic mass is 16.6. The maximum atomic E-state index is 12.4. The van der Waals surface area contributed by atoms with E-state index in [-0.39, 0.29) is 12.0 Å². The molecule has 0 amide bonds. The third kappa shape index (κ3) is 2.75. The van der Waals surface area contributed by atoms with Gasteiger partial charge in [0.05, 0.1) is 17.6 Å². The van der Waals surface area contributed by atoms with Crippen LogP contribution < -0.4 is 0 Å². The summed E-state index contributed by atoms with van der Waals surface area (Å²) in [7, 11) is 0. The van der Waals surface area contributed by atoms with Gasteiger partial charge in [0.1, 0.15) is 18.3 Å². The second-order valence-electron chi connectivity index (χ2n) is 8.46. The third-order valence-electron chi connectivity index (χ3n) is 6.87. The minimum Gasteiger partial charge on any atom is -0.458 e. The van der Waals surface area contributed by atoms with Gasteiger partial charge in [-0.2, -0.15) is 0 Å². The average molecular weight is 380 g/mol. The largest absolute Gasteiger partial charge is 0.458 e. The van der Waals surface area contributed by atoms with Crippen LogP contribution >= 0.6 is 0 Å². The van der Waals surface area contributed by atoms with Gasteiger partial charge in [0.15, 0.2) is 0 Å². The number of ether oxygens (including phenoxy) is 2. The van der Waals surface area contributed by atoms with Crippen molar-refractivity contribution < 1.29 is 34.4 Å². The molecule has 3 N–H and O–H groups in total. The van der Waals surface area contributed by atoms with Gasteiger partial charge < -0.3 is 24.8 Å². The fourth-order valence-electron chi connectivity index (χ4n) is 5.15. The van der Waals surface area contributed by atoms with Gasteiger partial charge in [-0.25, -0.2) is 9.59 Å². The molecule has 0 aromatic heterocycles. The van der Waals surface area contributed by atoms with Gasteiger partial charge in [0.25, 0.3) is 0 Å². The van der Waals surface area contributed by atoms with E-state index in [2.05, 4.69) is 6.58 Å². The maximum Gasteiger partial charge on any atom is 0.334 e. The molecule has 1 heterocycles. The SMILES string of the molecule is C=C1C(=O)OC2C1C(OC(=O)C(C)=CC)C(O)C1(C)C(O)CCC(C)(O)C21. The molecule has 150 valence electrons. The Bertz CT molecular complexity index is 709. The Morgan fingerprint density at radius 2 is 2.00 bits per heavy atom. The first-order valence-corrected chi connectivity index (χ1v) is 9.29. The van der Waals surface area contributed by atoms with Gasteiger partial charge in [0, 0.05) is 22.5 Å². The standard InChI is InChI=1S/C20H28O7/c1-6-9(2)17(23)27-14-12-10(3)18(24)26-13(12)15-19(4,25)8-7-11(21)20(15,5)16(14)22/h6,11-16,21-22,25H,3,7-8H2,1-2,4-5H3. The molecular formula is C20H28O7. The minimum absolute atomic E-state index is 0.105. The molecule has 3 fully saturated rings. The van der Waals surface area contributed by atoms with E-state index in [1.54, 1.807) is 33.8 Å². The normalized spacial score (nSPS) is 47.1. The van der Waals surface area contributed by atoms with Crippen LogP contribution in [0.2, 0.25) is 0 Å². The molecule has 3 aliphatic rings. The Morgan fingerprint density at radius 3 is 2.59 bits per heavy atom. The number of hydrogen-bond acceptors (Lipinski definition) is 7. The van der Waals surface area contributed by atoms with Gasteiger partial charge >= 0.3 is 11.9 Å².